The number of fused-ring (bicyclic) bond motifs is 1. The van der Waals surface area contributed by atoms with Gasteiger partial charge in [-0.3, -0.25) is 9.69 Å². The summed E-state index contributed by atoms with van der Waals surface area (Å²) < 4.78 is 13.9. The first-order chi connectivity index (χ1) is 15.4. The maximum Gasteiger partial charge on any atom is 0.244 e. The van der Waals surface area contributed by atoms with Crippen molar-refractivity contribution in [2.75, 3.05) is 14.1 Å². The number of amides is 1. The molecule has 2 N–H and O–H groups in total. The highest BCUT2D eigenvalue weighted by Crippen LogP contribution is 2.43. The molecule has 1 aliphatic carbocycles. The van der Waals surface area contributed by atoms with E-state index in [9.17, 15) is 9.18 Å². The van der Waals surface area contributed by atoms with Crippen LogP contribution >= 0.6 is 0 Å². The predicted molar refractivity (Wildman–Crippen MR) is 128 cm³/mol. The van der Waals surface area contributed by atoms with Crippen molar-refractivity contribution in [1.82, 2.24) is 15.2 Å². The largest absolute Gasteiger partial charge is 0.361 e. The van der Waals surface area contributed by atoms with Crippen molar-refractivity contribution in [3.05, 3.63) is 83.3 Å². The van der Waals surface area contributed by atoms with E-state index >= 15 is 0 Å². The monoisotopic (exact) mass is 433 g/mol. The number of para-hydroxylation sites is 1. The van der Waals surface area contributed by atoms with Crippen LogP contribution in [-0.2, 0) is 16.8 Å². The zero-order chi connectivity index (χ0) is 22.7. The molecule has 1 aliphatic rings. The second kappa shape index (κ2) is 9.29. The van der Waals surface area contributed by atoms with Gasteiger partial charge >= 0.3 is 0 Å². The van der Waals surface area contributed by atoms with Crippen LogP contribution in [0.2, 0.25) is 0 Å². The molecule has 4 nitrogen and oxygen atoms in total. The molecule has 1 heterocycles. The number of nitrogens with zero attached hydrogens (tertiary/aromatic N) is 1. The van der Waals surface area contributed by atoms with Crippen molar-refractivity contribution in [2.45, 2.75) is 50.6 Å². The molecule has 4 rings (SSSR count). The molecule has 1 fully saturated rings. The fourth-order valence-electron chi connectivity index (χ4n) is 5.05. The van der Waals surface area contributed by atoms with Crippen LogP contribution in [0.4, 0.5) is 4.39 Å². The summed E-state index contributed by atoms with van der Waals surface area (Å²) in [5.41, 5.74) is 4.31. The van der Waals surface area contributed by atoms with Crippen LogP contribution in [0, 0.1) is 5.82 Å². The fraction of sp³-hybridized carbons (Fsp3) is 0.370. The Hall–Kier alpha value is -2.92. The molecule has 1 saturated carbocycles. The van der Waals surface area contributed by atoms with E-state index in [0.29, 0.717) is 0 Å². The van der Waals surface area contributed by atoms with Crippen LogP contribution < -0.4 is 5.32 Å². The third-order valence-corrected chi connectivity index (χ3v) is 6.86. The smallest absolute Gasteiger partial charge is 0.244 e. The number of allylic oxidation sites excluding steroid dienone is 1. The second-order valence-corrected chi connectivity index (χ2v) is 9.21. The molecule has 1 aromatic heterocycles. The van der Waals surface area contributed by atoms with Gasteiger partial charge in [0.2, 0.25) is 5.91 Å². The molecule has 2 aromatic carbocycles. The molecule has 0 saturated heterocycles. The highest BCUT2D eigenvalue weighted by atomic mass is 19.1. The zero-order valence-corrected chi connectivity index (χ0v) is 19.1. The average molecular weight is 434 g/mol. The van der Waals surface area contributed by atoms with E-state index in [2.05, 4.69) is 41.4 Å². The number of H-pyrrole nitrogens is 1. The number of carbonyl (C=O) groups excluding carboxylic acids is 1. The van der Waals surface area contributed by atoms with E-state index in [0.717, 1.165) is 48.8 Å². The van der Waals surface area contributed by atoms with Gasteiger partial charge in [0, 0.05) is 34.8 Å². The Morgan fingerprint density at radius 1 is 1.19 bits per heavy atom. The quantitative estimate of drug-likeness (QED) is 0.518. The standard InChI is InChI=1S/C27H32FN3O/c1-19(15-21-18-29-25-10-5-4-9-24(21)25)30-26(32)16-20-11-13-27(14-12-20,31(2)3)22-7-6-8-23(28)17-22/h4-10,16-19,29H,11-15H2,1-3H3,(H,30,32). The number of hydrogen-bond donors (Lipinski definition) is 2. The number of benzene rings is 2. The number of aromatic nitrogens is 1. The third kappa shape index (κ3) is 4.63. The van der Waals surface area contributed by atoms with Gasteiger partial charge in [0.25, 0.3) is 0 Å². The Labute approximate surface area is 189 Å². The van der Waals surface area contributed by atoms with E-state index in [1.54, 1.807) is 18.2 Å². The zero-order valence-electron chi connectivity index (χ0n) is 19.1. The van der Waals surface area contributed by atoms with Crippen LogP contribution in [0.3, 0.4) is 0 Å². The summed E-state index contributed by atoms with van der Waals surface area (Å²) in [6.07, 6.45) is 7.98. The van der Waals surface area contributed by atoms with Crippen molar-refractivity contribution >= 4 is 16.8 Å². The van der Waals surface area contributed by atoms with Crippen molar-refractivity contribution in [3.63, 3.8) is 0 Å². The van der Waals surface area contributed by atoms with Gasteiger partial charge in [0.1, 0.15) is 5.82 Å². The Morgan fingerprint density at radius 3 is 2.66 bits per heavy atom. The average Bonchev–Trinajstić information content (AvgIpc) is 3.17. The molecule has 3 aromatic rings. The summed E-state index contributed by atoms with van der Waals surface area (Å²) in [6.45, 7) is 2.04. The first-order valence-electron chi connectivity index (χ1n) is 11.4. The number of rotatable bonds is 6. The van der Waals surface area contributed by atoms with Gasteiger partial charge in [0.15, 0.2) is 0 Å². The van der Waals surface area contributed by atoms with Crippen molar-refractivity contribution in [2.24, 2.45) is 0 Å². The minimum atomic E-state index is -0.200. The lowest BCUT2D eigenvalue weighted by Gasteiger charge is -2.44. The van der Waals surface area contributed by atoms with E-state index in [1.807, 2.05) is 31.3 Å². The lowest BCUT2D eigenvalue weighted by atomic mass is 9.74. The summed E-state index contributed by atoms with van der Waals surface area (Å²) in [5.74, 6) is -0.232. The van der Waals surface area contributed by atoms with E-state index in [-0.39, 0.29) is 23.3 Å². The number of aromatic amines is 1. The maximum absolute atomic E-state index is 13.9. The molecular weight excluding hydrogens is 401 g/mol. The van der Waals surface area contributed by atoms with Crippen LogP contribution in [0.15, 0.2) is 66.4 Å². The van der Waals surface area contributed by atoms with Crippen LogP contribution in [0.5, 0.6) is 0 Å². The number of hydrogen-bond acceptors (Lipinski definition) is 2. The SMILES string of the molecule is CC(Cc1c[nH]c2ccccc12)NC(=O)C=C1CCC(c2cccc(F)c2)(N(C)C)CC1. The van der Waals surface area contributed by atoms with E-state index in [1.165, 1.54) is 17.0 Å². The molecule has 168 valence electrons. The normalized spacial score (nSPS) is 19.8. The Balaban J connectivity index is 1.38. The predicted octanol–water partition coefficient (Wildman–Crippen LogP) is 5.31. The Kier molecular flexibility index (Phi) is 6.47. The number of carbonyl (C=O) groups is 1. The van der Waals surface area contributed by atoms with Gasteiger partial charge in [-0.25, -0.2) is 4.39 Å². The summed E-state index contributed by atoms with van der Waals surface area (Å²) in [5, 5.41) is 4.33. The van der Waals surface area contributed by atoms with E-state index in [4.69, 9.17) is 0 Å². The van der Waals surface area contributed by atoms with Gasteiger partial charge in [-0.05, 0) is 82.4 Å². The Morgan fingerprint density at radius 2 is 1.94 bits per heavy atom. The number of halogens is 1. The first-order valence-corrected chi connectivity index (χ1v) is 11.4. The van der Waals surface area contributed by atoms with Crippen LogP contribution in [-0.4, -0.2) is 35.9 Å². The first kappa shape index (κ1) is 22.3. The molecule has 5 heteroatoms. The molecule has 32 heavy (non-hydrogen) atoms. The highest BCUT2D eigenvalue weighted by molar-refractivity contribution is 5.88. The lowest BCUT2D eigenvalue weighted by molar-refractivity contribution is -0.117. The summed E-state index contributed by atoms with van der Waals surface area (Å²) in [6, 6.07) is 15.2. The second-order valence-electron chi connectivity index (χ2n) is 9.21. The molecule has 0 aliphatic heterocycles. The van der Waals surface area contributed by atoms with Crippen LogP contribution in [0.25, 0.3) is 10.9 Å². The maximum atomic E-state index is 13.9. The van der Waals surface area contributed by atoms with Gasteiger partial charge in [0.05, 0.1) is 0 Å². The topological polar surface area (TPSA) is 48.1 Å². The lowest BCUT2D eigenvalue weighted by Crippen LogP contribution is -2.43. The Bertz CT molecular complexity index is 1120. The summed E-state index contributed by atoms with van der Waals surface area (Å²) in [4.78, 5) is 18.2. The number of nitrogens with one attached hydrogen (secondary N) is 2. The summed E-state index contributed by atoms with van der Waals surface area (Å²) >= 11 is 0. The van der Waals surface area contributed by atoms with Gasteiger partial charge in [-0.2, -0.15) is 0 Å². The highest BCUT2D eigenvalue weighted by Gasteiger charge is 2.37. The van der Waals surface area contributed by atoms with Crippen molar-refractivity contribution in [1.29, 1.82) is 0 Å². The molecular formula is C27H32FN3O. The van der Waals surface area contributed by atoms with E-state index < -0.39 is 0 Å². The minimum Gasteiger partial charge on any atom is -0.361 e. The molecule has 0 bridgehead atoms. The van der Waals surface area contributed by atoms with Gasteiger partial charge < -0.3 is 10.3 Å². The van der Waals surface area contributed by atoms with Gasteiger partial charge in [-0.1, -0.05) is 35.9 Å². The van der Waals surface area contributed by atoms with Gasteiger partial charge in [-0.15, -0.1) is 0 Å². The molecule has 0 radical (unpaired) electrons. The fourth-order valence-corrected chi connectivity index (χ4v) is 5.05. The molecule has 1 unspecified atom stereocenters. The third-order valence-electron chi connectivity index (χ3n) is 6.86. The minimum absolute atomic E-state index is 0.0320. The van der Waals surface area contributed by atoms with Crippen molar-refractivity contribution < 1.29 is 9.18 Å². The molecule has 1 amide bonds. The molecule has 0 spiro atoms. The summed E-state index contributed by atoms with van der Waals surface area (Å²) in [7, 11) is 4.11. The molecule has 1 atom stereocenters. The van der Waals surface area contributed by atoms with Crippen molar-refractivity contribution in [3.8, 4) is 0 Å². The van der Waals surface area contributed by atoms with Crippen LogP contribution in [0.1, 0.15) is 43.7 Å².